The maximum atomic E-state index is 12.4. The predicted molar refractivity (Wildman–Crippen MR) is 76.4 cm³/mol. The van der Waals surface area contributed by atoms with Gasteiger partial charge in [0.15, 0.2) is 0 Å². The zero-order valence-corrected chi connectivity index (χ0v) is 12.0. The summed E-state index contributed by atoms with van der Waals surface area (Å²) >= 11 is 5.79. The maximum Gasteiger partial charge on any atom is 0.272 e. The van der Waals surface area contributed by atoms with Crippen LogP contribution in [0.2, 0.25) is 5.02 Å². The molecule has 1 N–H and O–H groups in total. The number of amides is 1. The normalized spacial score (nSPS) is 19.2. The van der Waals surface area contributed by atoms with Gasteiger partial charge in [0, 0.05) is 19.3 Å². The van der Waals surface area contributed by atoms with Gasteiger partial charge in [0.25, 0.3) is 5.91 Å². The van der Waals surface area contributed by atoms with Gasteiger partial charge in [0.05, 0.1) is 5.02 Å². The molecule has 1 aliphatic rings. The maximum absolute atomic E-state index is 12.4. The molecule has 19 heavy (non-hydrogen) atoms. The number of hydrogen-bond acceptors (Lipinski definition) is 3. The first-order valence-corrected chi connectivity index (χ1v) is 7.20. The summed E-state index contributed by atoms with van der Waals surface area (Å²) in [5, 5.41) is 3.93. The molecular weight excluding hydrogens is 262 g/mol. The van der Waals surface area contributed by atoms with Crippen LogP contribution in [0.1, 0.15) is 30.3 Å². The fraction of sp³-hybridized carbons (Fsp3) is 0.571. The monoisotopic (exact) mass is 281 g/mol. The van der Waals surface area contributed by atoms with Crippen LogP contribution in [0.25, 0.3) is 0 Å². The predicted octanol–water partition coefficient (Wildman–Crippen LogP) is 2.20. The molecule has 1 atom stereocenters. The fourth-order valence-electron chi connectivity index (χ4n) is 2.41. The Bertz CT molecular complexity index is 415. The Morgan fingerprint density at radius 1 is 1.58 bits per heavy atom. The summed E-state index contributed by atoms with van der Waals surface area (Å²) < 4.78 is 0. The number of pyridine rings is 1. The van der Waals surface area contributed by atoms with Crippen LogP contribution in [0.5, 0.6) is 0 Å². The number of nitrogens with one attached hydrogen (secondary N) is 1. The molecule has 0 saturated carbocycles. The van der Waals surface area contributed by atoms with E-state index in [0.717, 1.165) is 19.6 Å². The number of piperidine rings is 1. The molecule has 1 aromatic rings. The van der Waals surface area contributed by atoms with E-state index in [1.165, 1.54) is 19.0 Å². The summed E-state index contributed by atoms with van der Waals surface area (Å²) in [4.78, 5) is 18.3. The molecule has 4 nitrogen and oxygen atoms in total. The van der Waals surface area contributed by atoms with Gasteiger partial charge in [-0.2, -0.15) is 0 Å². The molecule has 0 spiro atoms. The van der Waals surface area contributed by atoms with Gasteiger partial charge in [-0.15, -0.1) is 0 Å². The van der Waals surface area contributed by atoms with E-state index in [2.05, 4.69) is 10.3 Å². The van der Waals surface area contributed by atoms with Gasteiger partial charge in [-0.25, -0.2) is 4.98 Å². The van der Waals surface area contributed by atoms with Crippen LogP contribution in [0, 0.1) is 5.92 Å². The van der Waals surface area contributed by atoms with Gasteiger partial charge in [-0.3, -0.25) is 4.79 Å². The highest BCUT2D eigenvalue weighted by atomic mass is 35.5. The molecule has 1 saturated heterocycles. The first-order valence-electron chi connectivity index (χ1n) is 6.82. The first kappa shape index (κ1) is 14.3. The molecule has 1 fully saturated rings. The van der Waals surface area contributed by atoms with Crippen molar-refractivity contribution in [1.82, 2.24) is 15.2 Å². The lowest BCUT2D eigenvalue weighted by Gasteiger charge is -2.29. The van der Waals surface area contributed by atoms with E-state index in [-0.39, 0.29) is 5.91 Å². The molecule has 1 aromatic heterocycles. The van der Waals surface area contributed by atoms with Gasteiger partial charge in [0.1, 0.15) is 5.69 Å². The average molecular weight is 282 g/mol. The van der Waals surface area contributed by atoms with Crippen LogP contribution < -0.4 is 5.32 Å². The zero-order chi connectivity index (χ0) is 13.7. The molecular formula is C14H20ClN3O. The third kappa shape index (κ3) is 3.91. The minimum atomic E-state index is -0.00950. The highest BCUT2D eigenvalue weighted by molar-refractivity contribution is 6.30. The summed E-state index contributed by atoms with van der Waals surface area (Å²) in [5.41, 5.74) is 0.468. The largest absolute Gasteiger partial charge is 0.337 e. The molecule has 0 radical (unpaired) electrons. The number of aromatic nitrogens is 1. The van der Waals surface area contributed by atoms with Crippen LogP contribution in [-0.4, -0.2) is 42.0 Å². The Morgan fingerprint density at radius 3 is 3.00 bits per heavy atom. The second-order valence-corrected chi connectivity index (χ2v) is 5.35. The van der Waals surface area contributed by atoms with Crippen LogP contribution in [0.3, 0.4) is 0 Å². The number of hydrogen-bond donors (Lipinski definition) is 1. The zero-order valence-electron chi connectivity index (χ0n) is 11.2. The van der Waals surface area contributed by atoms with Crippen molar-refractivity contribution in [3.8, 4) is 0 Å². The first-order chi connectivity index (χ1) is 9.20. The average Bonchev–Trinajstić information content (AvgIpc) is 2.46. The SMILES string of the molecule is CCN(CC1CCCNC1)C(=O)c1ccc(Cl)cn1. The Balaban J connectivity index is 1.99. The van der Waals surface area contributed by atoms with Gasteiger partial charge in [-0.05, 0) is 50.9 Å². The Morgan fingerprint density at radius 2 is 2.42 bits per heavy atom. The lowest BCUT2D eigenvalue weighted by atomic mass is 9.99. The molecule has 0 aromatic carbocycles. The van der Waals surface area contributed by atoms with E-state index in [4.69, 9.17) is 11.6 Å². The molecule has 2 heterocycles. The summed E-state index contributed by atoms with van der Waals surface area (Å²) in [5.74, 6) is 0.537. The molecule has 2 rings (SSSR count). The molecule has 0 aliphatic carbocycles. The molecule has 1 amide bonds. The van der Waals surface area contributed by atoms with E-state index < -0.39 is 0 Å². The molecule has 1 aliphatic heterocycles. The lowest BCUT2D eigenvalue weighted by molar-refractivity contribution is 0.0723. The summed E-state index contributed by atoms with van der Waals surface area (Å²) in [7, 11) is 0. The third-order valence-electron chi connectivity index (χ3n) is 3.49. The van der Waals surface area contributed by atoms with Crippen LogP contribution in [0.15, 0.2) is 18.3 Å². The number of carbonyl (C=O) groups excluding carboxylic acids is 1. The van der Waals surface area contributed by atoms with E-state index in [1.54, 1.807) is 12.1 Å². The van der Waals surface area contributed by atoms with Crippen molar-refractivity contribution in [1.29, 1.82) is 0 Å². The van der Waals surface area contributed by atoms with Crippen LogP contribution in [0.4, 0.5) is 0 Å². The number of nitrogens with zero attached hydrogens (tertiary/aromatic N) is 2. The highest BCUT2D eigenvalue weighted by Crippen LogP contribution is 2.14. The van der Waals surface area contributed by atoms with Gasteiger partial charge < -0.3 is 10.2 Å². The Labute approximate surface area is 119 Å². The quantitative estimate of drug-likeness (QED) is 0.920. The van der Waals surface area contributed by atoms with Crippen molar-refractivity contribution in [2.45, 2.75) is 19.8 Å². The minimum absolute atomic E-state index is 0.00950. The second-order valence-electron chi connectivity index (χ2n) is 4.92. The smallest absolute Gasteiger partial charge is 0.272 e. The van der Waals surface area contributed by atoms with Crippen molar-refractivity contribution < 1.29 is 4.79 Å². The fourth-order valence-corrected chi connectivity index (χ4v) is 2.52. The molecule has 104 valence electrons. The number of rotatable bonds is 4. The van der Waals surface area contributed by atoms with Crippen molar-refractivity contribution in [2.75, 3.05) is 26.2 Å². The van der Waals surface area contributed by atoms with Gasteiger partial charge in [0.2, 0.25) is 0 Å². The number of carbonyl (C=O) groups is 1. The van der Waals surface area contributed by atoms with E-state index in [1.807, 2.05) is 11.8 Å². The van der Waals surface area contributed by atoms with E-state index >= 15 is 0 Å². The Kier molecular flexibility index (Phi) is 5.16. The third-order valence-corrected chi connectivity index (χ3v) is 3.72. The van der Waals surface area contributed by atoms with Crippen molar-refractivity contribution in [2.24, 2.45) is 5.92 Å². The van der Waals surface area contributed by atoms with Crippen molar-refractivity contribution >= 4 is 17.5 Å². The van der Waals surface area contributed by atoms with Crippen molar-refractivity contribution in [3.63, 3.8) is 0 Å². The van der Waals surface area contributed by atoms with Crippen molar-refractivity contribution in [3.05, 3.63) is 29.0 Å². The Hall–Kier alpha value is -1.13. The highest BCUT2D eigenvalue weighted by Gasteiger charge is 2.21. The topological polar surface area (TPSA) is 45.2 Å². The molecule has 5 heteroatoms. The summed E-state index contributed by atoms with van der Waals surface area (Å²) in [6.07, 6.45) is 3.89. The number of halogens is 1. The molecule has 1 unspecified atom stereocenters. The minimum Gasteiger partial charge on any atom is -0.337 e. The lowest BCUT2D eigenvalue weighted by Crippen LogP contribution is -2.41. The van der Waals surface area contributed by atoms with E-state index in [0.29, 0.717) is 23.2 Å². The van der Waals surface area contributed by atoms with Crippen LogP contribution in [-0.2, 0) is 0 Å². The van der Waals surface area contributed by atoms with Gasteiger partial charge in [-0.1, -0.05) is 11.6 Å². The standard InChI is InChI=1S/C14H20ClN3O/c1-2-18(10-11-4-3-7-16-8-11)14(19)13-6-5-12(15)9-17-13/h5-6,9,11,16H,2-4,7-8,10H2,1H3. The molecule has 0 bridgehead atoms. The summed E-state index contributed by atoms with van der Waals surface area (Å²) in [6, 6.07) is 3.39. The van der Waals surface area contributed by atoms with Crippen LogP contribution >= 0.6 is 11.6 Å². The van der Waals surface area contributed by atoms with E-state index in [9.17, 15) is 4.79 Å². The van der Waals surface area contributed by atoms with Gasteiger partial charge >= 0.3 is 0 Å². The second kappa shape index (κ2) is 6.87. The summed E-state index contributed by atoms with van der Waals surface area (Å²) in [6.45, 7) is 5.60.